The zero-order valence-electron chi connectivity index (χ0n) is 6.93. The minimum atomic E-state index is -0.542. The van der Waals surface area contributed by atoms with Crippen LogP contribution < -0.4 is 5.56 Å². The zero-order chi connectivity index (χ0) is 10.1. The van der Waals surface area contributed by atoms with Gasteiger partial charge in [-0.25, -0.2) is 5.10 Å². The van der Waals surface area contributed by atoms with Crippen molar-refractivity contribution in [1.29, 1.82) is 0 Å². The average Bonchev–Trinajstić information content (AvgIpc) is 2.18. The van der Waals surface area contributed by atoms with Crippen LogP contribution in [0, 0.1) is 10.1 Å². The third-order valence-corrected chi connectivity index (χ3v) is 1.86. The Hall–Kier alpha value is -2.24. The molecule has 6 heteroatoms. The van der Waals surface area contributed by atoms with E-state index in [0.717, 1.165) is 0 Å². The minimum Gasteiger partial charge on any atom is -0.267 e. The molecule has 0 atom stereocenters. The molecule has 70 valence electrons. The van der Waals surface area contributed by atoms with E-state index in [4.69, 9.17) is 0 Å². The second kappa shape index (κ2) is 2.91. The van der Waals surface area contributed by atoms with Crippen LogP contribution in [0.4, 0.5) is 5.69 Å². The van der Waals surface area contributed by atoms with Gasteiger partial charge < -0.3 is 0 Å². The smallest absolute Gasteiger partial charge is 0.267 e. The molecule has 1 aromatic carbocycles. The molecule has 0 amide bonds. The van der Waals surface area contributed by atoms with E-state index in [1.807, 2.05) is 0 Å². The summed E-state index contributed by atoms with van der Waals surface area (Å²) >= 11 is 0. The molecule has 1 heterocycles. The van der Waals surface area contributed by atoms with Gasteiger partial charge in [0.2, 0.25) is 0 Å². The highest BCUT2D eigenvalue weighted by atomic mass is 16.6. The number of H-pyrrole nitrogens is 1. The summed E-state index contributed by atoms with van der Waals surface area (Å²) in [4.78, 5) is 21.1. The van der Waals surface area contributed by atoms with Crippen LogP contribution in [-0.4, -0.2) is 15.1 Å². The van der Waals surface area contributed by atoms with Gasteiger partial charge in [-0.2, -0.15) is 5.10 Å². The molecule has 0 aliphatic rings. The number of nitrogens with one attached hydrogen (secondary N) is 1. The van der Waals surface area contributed by atoms with Crippen molar-refractivity contribution in [3.63, 3.8) is 0 Å². The summed E-state index contributed by atoms with van der Waals surface area (Å²) in [5.74, 6) is 0. The van der Waals surface area contributed by atoms with Crippen molar-refractivity contribution in [3.8, 4) is 0 Å². The first-order valence-corrected chi connectivity index (χ1v) is 3.80. The SMILES string of the molecule is O=c1[nH]ncc2ccc([N+](=O)[O-])cc12. The summed E-state index contributed by atoms with van der Waals surface area (Å²) in [5.41, 5.74) is -0.527. The van der Waals surface area contributed by atoms with Crippen LogP contribution >= 0.6 is 0 Å². The number of nitro benzene ring substituents is 1. The first-order valence-electron chi connectivity index (χ1n) is 3.80. The third kappa shape index (κ3) is 1.22. The maximum atomic E-state index is 11.2. The van der Waals surface area contributed by atoms with E-state index in [1.54, 1.807) is 0 Å². The number of benzene rings is 1. The molecule has 0 unspecified atom stereocenters. The maximum Gasteiger partial charge on any atom is 0.272 e. The molecule has 0 spiro atoms. The molecule has 0 saturated heterocycles. The Labute approximate surface area is 77.3 Å². The van der Waals surface area contributed by atoms with Gasteiger partial charge in [0.15, 0.2) is 0 Å². The monoisotopic (exact) mass is 191 g/mol. The lowest BCUT2D eigenvalue weighted by Gasteiger charge is -1.94. The number of nitrogens with zero attached hydrogens (tertiary/aromatic N) is 2. The molecule has 1 N–H and O–H groups in total. The van der Waals surface area contributed by atoms with Gasteiger partial charge >= 0.3 is 0 Å². The van der Waals surface area contributed by atoms with E-state index in [0.29, 0.717) is 5.39 Å². The van der Waals surface area contributed by atoms with Crippen LogP contribution in [-0.2, 0) is 0 Å². The lowest BCUT2D eigenvalue weighted by atomic mass is 10.2. The Morgan fingerprint density at radius 3 is 2.93 bits per heavy atom. The topological polar surface area (TPSA) is 88.9 Å². The Morgan fingerprint density at radius 2 is 2.21 bits per heavy atom. The summed E-state index contributed by atoms with van der Waals surface area (Å²) < 4.78 is 0. The molecule has 1 aromatic heterocycles. The zero-order valence-corrected chi connectivity index (χ0v) is 6.93. The van der Waals surface area contributed by atoms with E-state index in [9.17, 15) is 14.9 Å². The number of nitro groups is 1. The van der Waals surface area contributed by atoms with Crippen LogP contribution in [0.3, 0.4) is 0 Å². The molecule has 14 heavy (non-hydrogen) atoms. The van der Waals surface area contributed by atoms with E-state index >= 15 is 0 Å². The molecule has 0 radical (unpaired) electrons. The van der Waals surface area contributed by atoms with Crippen LogP contribution in [0.15, 0.2) is 29.2 Å². The summed E-state index contributed by atoms with van der Waals surface area (Å²) in [6.45, 7) is 0. The lowest BCUT2D eigenvalue weighted by molar-refractivity contribution is -0.384. The number of non-ortho nitro benzene ring substituents is 1. The second-order valence-corrected chi connectivity index (χ2v) is 2.73. The van der Waals surface area contributed by atoms with Gasteiger partial charge in [-0.3, -0.25) is 14.9 Å². The van der Waals surface area contributed by atoms with Gasteiger partial charge in [0.25, 0.3) is 11.2 Å². The molecule has 0 aliphatic heterocycles. The van der Waals surface area contributed by atoms with E-state index in [-0.39, 0.29) is 11.1 Å². The highest BCUT2D eigenvalue weighted by molar-refractivity contribution is 5.82. The number of rotatable bonds is 1. The molecule has 0 aliphatic carbocycles. The fraction of sp³-hybridized carbons (Fsp3) is 0. The number of hydrogen-bond acceptors (Lipinski definition) is 4. The third-order valence-electron chi connectivity index (χ3n) is 1.86. The average molecular weight is 191 g/mol. The van der Waals surface area contributed by atoms with Gasteiger partial charge in [0, 0.05) is 17.5 Å². The second-order valence-electron chi connectivity index (χ2n) is 2.73. The van der Waals surface area contributed by atoms with Gasteiger partial charge in [0.1, 0.15) is 0 Å². The maximum absolute atomic E-state index is 11.2. The van der Waals surface area contributed by atoms with Crippen molar-refractivity contribution in [3.05, 3.63) is 44.9 Å². The van der Waals surface area contributed by atoms with Crippen LogP contribution in [0.25, 0.3) is 10.8 Å². The van der Waals surface area contributed by atoms with Gasteiger partial charge in [0.05, 0.1) is 16.5 Å². The quantitative estimate of drug-likeness (QED) is 0.534. The molecular formula is C8H5N3O3. The Morgan fingerprint density at radius 1 is 1.43 bits per heavy atom. The van der Waals surface area contributed by atoms with Crippen molar-refractivity contribution >= 4 is 16.5 Å². The standard InChI is InChI=1S/C8H5N3O3/c12-8-7-3-6(11(13)14)2-1-5(7)4-9-10-8/h1-4H,(H,10,12). The summed E-state index contributed by atoms with van der Waals surface area (Å²) in [6, 6.07) is 4.06. The number of aromatic amines is 1. The fourth-order valence-corrected chi connectivity index (χ4v) is 1.19. The largest absolute Gasteiger partial charge is 0.272 e. The first kappa shape index (κ1) is 8.36. The summed E-state index contributed by atoms with van der Waals surface area (Å²) in [5, 5.41) is 17.1. The molecule has 0 fully saturated rings. The number of hydrogen-bond donors (Lipinski definition) is 1. The van der Waals surface area contributed by atoms with E-state index in [1.165, 1.54) is 24.4 Å². The minimum absolute atomic E-state index is 0.103. The molecule has 0 bridgehead atoms. The van der Waals surface area contributed by atoms with Crippen molar-refractivity contribution < 1.29 is 4.92 Å². The van der Waals surface area contributed by atoms with Gasteiger partial charge in [-0.15, -0.1) is 0 Å². The van der Waals surface area contributed by atoms with E-state index < -0.39 is 10.5 Å². The number of aromatic nitrogens is 2. The fourth-order valence-electron chi connectivity index (χ4n) is 1.19. The lowest BCUT2D eigenvalue weighted by Crippen LogP contribution is -2.07. The molecule has 2 rings (SSSR count). The van der Waals surface area contributed by atoms with Crippen molar-refractivity contribution in [1.82, 2.24) is 10.2 Å². The molecule has 0 saturated carbocycles. The Balaban J connectivity index is 2.83. The predicted octanol–water partition coefficient (Wildman–Crippen LogP) is 0.831. The van der Waals surface area contributed by atoms with Crippen molar-refractivity contribution in [2.45, 2.75) is 0 Å². The highest BCUT2D eigenvalue weighted by Crippen LogP contribution is 2.16. The number of fused-ring (bicyclic) bond motifs is 1. The summed E-state index contributed by atoms with van der Waals surface area (Å²) in [7, 11) is 0. The van der Waals surface area contributed by atoms with Gasteiger partial charge in [-0.05, 0) is 6.07 Å². The normalized spacial score (nSPS) is 10.3. The van der Waals surface area contributed by atoms with Crippen LogP contribution in [0.2, 0.25) is 0 Å². The molecule has 2 aromatic rings. The van der Waals surface area contributed by atoms with Crippen LogP contribution in [0.1, 0.15) is 0 Å². The van der Waals surface area contributed by atoms with Crippen molar-refractivity contribution in [2.24, 2.45) is 0 Å². The Bertz CT molecular complexity index is 561. The van der Waals surface area contributed by atoms with Crippen molar-refractivity contribution in [2.75, 3.05) is 0 Å². The Kier molecular flexibility index (Phi) is 1.74. The van der Waals surface area contributed by atoms with Gasteiger partial charge in [-0.1, -0.05) is 0 Å². The summed E-state index contributed by atoms with van der Waals surface area (Å²) in [6.07, 6.45) is 1.44. The van der Waals surface area contributed by atoms with E-state index in [2.05, 4.69) is 10.2 Å². The molecule has 6 nitrogen and oxygen atoms in total. The molecular weight excluding hydrogens is 186 g/mol. The first-order chi connectivity index (χ1) is 6.68. The highest BCUT2D eigenvalue weighted by Gasteiger charge is 2.07. The van der Waals surface area contributed by atoms with Crippen LogP contribution in [0.5, 0.6) is 0 Å². The predicted molar refractivity (Wildman–Crippen MR) is 49.0 cm³/mol.